The summed E-state index contributed by atoms with van der Waals surface area (Å²) in [5.41, 5.74) is 2.49. The number of nitrogens with one attached hydrogen (secondary N) is 2. The molecule has 0 radical (unpaired) electrons. The Balaban J connectivity index is 1.67. The van der Waals surface area contributed by atoms with Crippen LogP contribution in [0.15, 0.2) is 24.3 Å². The van der Waals surface area contributed by atoms with Crippen LogP contribution in [-0.2, 0) is 22.6 Å². The Hall–Kier alpha value is -1.88. The molecule has 0 unspecified atom stereocenters. The number of fused-ring (bicyclic) bond motifs is 1. The minimum Gasteiger partial charge on any atom is -0.481 e. The van der Waals surface area contributed by atoms with Gasteiger partial charge in [0, 0.05) is 19.5 Å². The van der Waals surface area contributed by atoms with Gasteiger partial charge in [0.15, 0.2) is 0 Å². The summed E-state index contributed by atoms with van der Waals surface area (Å²) in [4.78, 5) is 22.5. The zero-order valence-electron chi connectivity index (χ0n) is 12.1. The van der Waals surface area contributed by atoms with Crippen LogP contribution in [-0.4, -0.2) is 29.6 Å². The van der Waals surface area contributed by atoms with E-state index in [1.807, 2.05) is 12.1 Å². The van der Waals surface area contributed by atoms with Gasteiger partial charge in [-0.25, -0.2) is 0 Å². The van der Waals surface area contributed by atoms with Crippen molar-refractivity contribution in [2.75, 3.05) is 6.54 Å². The Bertz CT molecular complexity index is 502. The lowest BCUT2D eigenvalue weighted by Crippen LogP contribution is -2.47. The van der Waals surface area contributed by atoms with Gasteiger partial charge in [0.05, 0.1) is 6.04 Å². The summed E-state index contributed by atoms with van der Waals surface area (Å²) in [5.74, 6) is -0.730. The van der Waals surface area contributed by atoms with Crippen molar-refractivity contribution in [2.24, 2.45) is 0 Å². The molecule has 0 bridgehead atoms. The minimum atomic E-state index is -0.760. The van der Waals surface area contributed by atoms with Crippen LogP contribution >= 0.6 is 0 Å². The van der Waals surface area contributed by atoms with Crippen molar-refractivity contribution in [3.05, 3.63) is 35.4 Å². The second kappa shape index (κ2) is 7.78. The maximum absolute atomic E-state index is 12.1. The lowest BCUT2D eigenvalue weighted by atomic mass is 9.95. The monoisotopic (exact) mass is 290 g/mol. The van der Waals surface area contributed by atoms with E-state index in [4.69, 9.17) is 5.11 Å². The number of carbonyl (C=O) groups excluding carboxylic acids is 1. The van der Waals surface area contributed by atoms with E-state index in [-0.39, 0.29) is 18.4 Å². The zero-order chi connectivity index (χ0) is 15.1. The van der Waals surface area contributed by atoms with Crippen LogP contribution < -0.4 is 10.6 Å². The zero-order valence-corrected chi connectivity index (χ0v) is 12.1. The van der Waals surface area contributed by atoms with E-state index >= 15 is 0 Å². The number of benzene rings is 1. The van der Waals surface area contributed by atoms with Crippen molar-refractivity contribution in [3.8, 4) is 0 Å². The molecule has 1 aliphatic heterocycles. The van der Waals surface area contributed by atoms with Gasteiger partial charge in [0.2, 0.25) is 5.91 Å². The third-order valence-electron chi connectivity index (χ3n) is 3.76. The molecule has 21 heavy (non-hydrogen) atoms. The average molecular weight is 290 g/mol. The number of rotatable bonds is 7. The minimum absolute atomic E-state index is 0.0303. The van der Waals surface area contributed by atoms with Crippen LogP contribution in [0.1, 0.15) is 36.8 Å². The number of amides is 1. The number of hydrogen-bond acceptors (Lipinski definition) is 3. The van der Waals surface area contributed by atoms with Gasteiger partial charge < -0.3 is 15.7 Å². The molecule has 0 saturated heterocycles. The first-order valence-electron chi connectivity index (χ1n) is 7.46. The van der Waals surface area contributed by atoms with Crippen molar-refractivity contribution >= 4 is 11.9 Å². The molecule has 1 atom stereocenters. The molecule has 0 fully saturated rings. The number of hydrogen-bond donors (Lipinski definition) is 3. The fourth-order valence-electron chi connectivity index (χ4n) is 2.55. The van der Waals surface area contributed by atoms with Crippen molar-refractivity contribution in [1.82, 2.24) is 10.6 Å². The van der Waals surface area contributed by atoms with Crippen LogP contribution in [0.25, 0.3) is 0 Å². The quantitative estimate of drug-likeness (QED) is 0.664. The Kier molecular flexibility index (Phi) is 5.75. The Labute approximate surface area is 124 Å². The molecule has 1 heterocycles. The maximum atomic E-state index is 12.1. The van der Waals surface area contributed by atoms with Crippen LogP contribution in [0.2, 0.25) is 0 Å². The molecule has 114 valence electrons. The number of unbranched alkanes of at least 4 members (excludes halogenated alkanes) is 2. The summed E-state index contributed by atoms with van der Waals surface area (Å²) in [6.07, 6.45) is 3.24. The molecule has 1 aliphatic rings. The number of carboxylic acids is 1. The third-order valence-corrected chi connectivity index (χ3v) is 3.76. The molecular weight excluding hydrogens is 268 g/mol. The van der Waals surface area contributed by atoms with E-state index in [0.29, 0.717) is 13.0 Å². The molecule has 1 aromatic carbocycles. The van der Waals surface area contributed by atoms with Gasteiger partial charge in [-0.1, -0.05) is 30.7 Å². The highest BCUT2D eigenvalue weighted by Gasteiger charge is 2.23. The molecule has 5 nitrogen and oxygen atoms in total. The first-order valence-corrected chi connectivity index (χ1v) is 7.46. The van der Waals surface area contributed by atoms with Crippen LogP contribution in [0, 0.1) is 0 Å². The summed E-state index contributed by atoms with van der Waals surface area (Å²) < 4.78 is 0. The van der Waals surface area contributed by atoms with Gasteiger partial charge in [-0.3, -0.25) is 9.59 Å². The van der Waals surface area contributed by atoms with Crippen LogP contribution in [0.3, 0.4) is 0 Å². The molecule has 0 aromatic heterocycles. The lowest BCUT2D eigenvalue weighted by Gasteiger charge is -2.25. The van der Waals surface area contributed by atoms with Crippen molar-refractivity contribution < 1.29 is 14.7 Å². The van der Waals surface area contributed by atoms with E-state index in [9.17, 15) is 9.59 Å². The topological polar surface area (TPSA) is 78.4 Å². The fraction of sp³-hybridized carbons (Fsp3) is 0.500. The molecule has 3 N–H and O–H groups in total. The predicted octanol–water partition coefficient (Wildman–Crippen LogP) is 1.46. The largest absolute Gasteiger partial charge is 0.481 e. The van der Waals surface area contributed by atoms with E-state index in [2.05, 4.69) is 22.8 Å². The summed E-state index contributed by atoms with van der Waals surface area (Å²) in [5, 5.41) is 14.7. The Morgan fingerprint density at radius 3 is 2.71 bits per heavy atom. The molecule has 2 rings (SSSR count). The molecule has 1 aromatic rings. The first-order chi connectivity index (χ1) is 10.2. The van der Waals surface area contributed by atoms with Gasteiger partial charge in [-0.15, -0.1) is 0 Å². The van der Waals surface area contributed by atoms with E-state index in [1.54, 1.807) is 0 Å². The number of carbonyl (C=O) groups is 2. The second-order valence-electron chi connectivity index (χ2n) is 5.40. The van der Waals surface area contributed by atoms with Gasteiger partial charge in [0.25, 0.3) is 0 Å². The van der Waals surface area contributed by atoms with Crippen molar-refractivity contribution in [1.29, 1.82) is 0 Å². The summed E-state index contributed by atoms with van der Waals surface area (Å²) in [7, 11) is 0. The second-order valence-corrected chi connectivity index (χ2v) is 5.40. The van der Waals surface area contributed by atoms with Crippen LogP contribution in [0.5, 0.6) is 0 Å². The normalized spacial score (nSPS) is 17.0. The highest BCUT2D eigenvalue weighted by Crippen LogP contribution is 2.16. The average Bonchev–Trinajstić information content (AvgIpc) is 2.49. The molecule has 0 saturated carbocycles. The molecule has 0 spiro atoms. The number of carboxylic acid groups (broad SMARTS) is 1. The maximum Gasteiger partial charge on any atom is 0.303 e. The van der Waals surface area contributed by atoms with Gasteiger partial charge >= 0.3 is 5.97 Å². The summed E-state index contributed by atoms with van der Waals surface area (Å²) in [6.45, 7) is 1.34. The Morgan fingerprint density at radius 2 is 1.95 bits per heavy atom. The summed E-state index contributed by atoms with van der Waals surface area (Å²) >= 11 is 0. The third kappa shape index (κ3) is 4.86. The smallest absolute Gasteiger partial charge is 0.303 e. The number of aliphatic carboxylic acids is 1. The predicted molar refractivity (Wildman–Crippen MR) is 79.9 cm³/mol. The highest BCUT2D eigenvalue weighted by atomic mass is 16.4. The van der Waals surface area contributed by atoms with E-state index < -0.39 is 5.97 Å². The van der Waals surface area contributed by atoms with E-state index in [0.717, 1.165) is 25.8 Å². The van der Waals surface area contributed by atoms with Crippen LogP contribution in [0.4, 0.5) is 0 Å². The lowest BCUT2D eigenvalue weighted by molar-refractivity contribution is -0.137. The summed E-state index contributed by atoms with van der Waals surface area (Å²) in [6, 6.07) is 8.00. The molecule has 1 amide bonds. The molecule has 5 heteroatoms. The van der Waals surface area contributed by atoms with Gasteiger partial charge in [0.1, 0.15) is 0 Å². The molecule has 0 aliphatic carbocycles. The fourth-order valence-corrected chi connectivity index (χ4v) is 2.55. The van der Waals surface area contributed by atoms with Crippen molar-refractivity contribution in [2.45, 2.75) is 44.7 Å². The Morgan fingerprint density at radius 1 is 1.19 bits per heavy atom. The van der Waals surface area contributed by atoms with Gasteiger partial charge in [-0.2, -0.15) is 0 Å². The SMILES string of the molecule is O=C(O)CCCCCNC(=O)[C@H]1Cc2ccccc2CN1. The molecular formula is C16H22N2O3. The standard InChI is InChI=1S/C16H22N2O3/c19-15(20)8-2-1-5-9-17-16(21)14-10-12-6-3-4-7-13(12)11-18-14/h3-4,6-7,14,18H,1-2,5,8-11H2,(H,17,21)(H,19,20)/t14-/m1/s1. The first kappa shape index (κ1) is 15.5. The highest BCUT2D eigenvalue weighted by molar-refractivity contribution is 5.82. The van der Waals surface area contributed by atoms with Crippen molar-refractivity contribution in [3.63, 3.8) is 0 Å². The van der Waals surface area contributed by atoms with E-state index in [1.165, 1.54) is 11.1 Å². The van der Waals surface area contributed by atoms with Gasteiger partial charge in [-0.05, 0) is 30.4 Å².